The van der Waals surface area contributed by atoms with Gasteiger partial charge in [-0.25, -0.2) is 0 Å². The Morgan fingerprint density at radius 1 is 1.29 bits per heavy atom. The highest BCUT2D eigenvalue weighted by Crippen LogP contribution is 2.30. The van der Waals surface area contributed by atoms with E-state index in [1.54, 1.807) is 11.8 Å². The summed E-state index contributed by atoms with van der Waals surface area (Å²) in [7, 11) is 1.86. The van der Waals surface area contributed by atoms with Gasteiger partial charge in [-0.15, -0.1) is 0 Å². The van der Waals surface area contributed by atoms with Gasteiger partial charge in [-0.2, -0.15) is 0 Å². The van der Waals surface area contributed by atoms with E-state index in [0.717, 1.165) is 5.92 Å². The number of para-hydroxylation sites is 1. The van der Waals surface area contributed by atoms with Gasteiger partial charge in [0.15, 0.2) is 0 Å². The second-order valence-corrected chi connectivity index (χ2v) is 6.24. The average molecular weight is 288 g/mol. The van der Waals surface area contributed by atoms with Crippen molar-refractivity contribution in [1.29, 1.82) is 0 Å². The molecular formula is C18H28N2O. The third kappa shape index (κ3) is 4.23. The van der Waals surface area contributed by atoms with Crippen LogP contribution in [0.4, 0.5) is 5.69 Å². The highest BCUT2D eigenvalue weighted by molar-refractivity contribution is 5.73. The normalized spacial score (nSPS) is 21.9. The molecule has 2 unspecified atom stereocenters. The molecule has 116 valence electrons. The minimum absolute atomic E-state index is 0.105. The van der Waals surface area contributed by atoms with Crippen LogP contribution in [0.25, 0.3) is 0 Å². The van der Waals surface area contributed by atoms with E-state index in [2.05, 4.69) is 30.4 Å². The Labute approximate surface area is 128 Å². The Balaban J connectivity index is 2.10. The zero-order valence-electron chi connectivity index (χ0n) is 13.6. The Bertz CT molecular complexity index is 472. The van der Waals surface area contributed by atoms with Crippen LogP contribution in [0.15, 0.2) is 24.3 Å². The lowest BCUT2D eigenvalue weighted by Gasteiger charge is -2.33. The minimum atomic E-state index is 0.105. The number of anilines is 1. The Hall–Kier alpha value is -1.51. The van der Waals surface area contributed by atoms with Crippen molar-refractivity contribution in [3.05, 3.63) is 29.8 Å². The summed E-state index contributed by atoms with van der Waals surface area (Å²) < 4.78 is 0. The molecule has 1 fully saturated rings. The second-order valence-electron chi connectivity index (χ2n) is 6.24. The molecule has 2 rings (SSSR count). The van der Waals surface area contributed by atoms with E-state index < -0.39 is 0 Å². The van der Waals surface area contributed by atoms with Crippen LogP contribution < -0.4 is 5.32 Å². The summed E-state index contributed by atoms with van der Waals surface area (Å²) in [5.41, 5.74) is 2.39. The van der Waals surface area contributed by atoms with Crippen LogP contribution in [-0.2, 0) is 11.3 Å². The van der Waals surface area contributed by atoms with Crippen LogP contribution in [0.3, 0.4) is 0 Å². The maximum absolute atomic E-state index is 11.5. The van der Waals surface area contributed by atoms with E-state index in [1.807, 2.05) is 13.1 Å². The molecule has 1 aliphatic rings. The van der Waals surface area contributed by atoms with Gasteiger partial charge in [0.2, 0.25) is 5.91 Å². The molecule has 21 heavy (non-hydrogen) atoms. The standard InChI is InChI=1S/C18H28N2O/c1-4-15-9-5-7-11-17(15)19-18-12-8-6-10-16(18)13-20(3)14(2)21/h6,8,10,12,15,17,19H,4-5,7,9,11,13H2,1-3H3. The molecule has 1 N–H and O–H groups in total. The SMILES string of the molecule is CCC1CCCCC1Nc1ccccc1CN(C)C(C)=O. The van der Waals surface area contributed by atoms with Gasteiger partial charge in [-0.3, -0.25) is 4.79 Å². The van der Waals surface area contributed by atoms with Crippen molar-refractivity contribution in [2.24, 2.45) is 5.92 Å². The maximum Gasteiger partial charge on any atom is 0.219 e. The molecule has 0 aromatic heterocycles. The molecule has 1 aromatic carbocycles. The molecular weight excluding hydrogens is 260 g/mol. The van der Waals surface area contributed by atoms with Crippen LogP contribution in [0.2, 0.25) is 0 Å². The molecule has 0 heterocycles. The summed E-state index contributed by atoms with van der Waals surface area (Å²) in [5, 5.41) is 3.76. The number of hydrogen-bond donors (Lipinski definition) is 1. The van der Waals surface area contributed by atoms with Crippen LogP contribution in [-0.4, -0.2) is 23.9 Å². The van der Waals surface area contributed by atoms with Gasteiger partial charge >= 0.3 is 0 Å². The largest absolute Gasteiger partial charge is 0.382 e. The molecule has 0 spiro atoms. The van der Waals surface area contributed by atoms with Gasteiger partial charge < -0.3 is 10.2 Å². The first-order valence-electron chi connectivity index (χ1n) is 8.18. The van der Waals surface area contributed by atoms with Crippen LogP contribution >= 0.6 is 0 Å². The molecule has 1 aliphatic carbocycles. The quantitative estimate of drug-likeness (QED) is 0.886. The molecule has 1 aromatic rings. The van der Waals surface area contributed by atoms with Crippen molar-refractivity contribution in [1.82, 2.24) is 4.90 Å². The summed E-state index contributed by atoms with van der Waals surface area (Å²) in [6, 6.07) is 8.96. The van der Waals surface area contributed by atoms with Crippen molar-refractivity contribution in [2.45, 2.75) is 58.5 Å². The van der Waals surface area contributed by atoms with E-state index in [-0.39, 0.29) is 5.91 Å². The topological polar surface area (TPSA) is 32.3 Å². The van der Waals surface area contributed by atoms with E-state index >= 15 is 0 Å². The molecule has 1 amide bonds. The fourth-order valence-corrected chi connectivity index (χ4v) is 3.25. The van der Waals surface area contributed by atoms with E-state index in [9.17, 15) is 4.79 Å². The maximum atomic E-state index is 11.5. The van der Waals surface area contributed by atoms with E-state index in [4.69, 9.17) is 0 Å². The average Bonchev–Trinajstić information content (AvgIpc) is 2.49. The van der Waals surface area contributed by atoms with Crippen LogP contribution in [0.1, 0.15) is 51.5 Å². The number of nitrogens with zero attached hydrogens (tertiary/aromatic N) is 1. The van der Waals surface area contributed by atoms with Gasteiger partial charge in [-0.05, 0) is 30.4 Å². The summed E-state index contributed by atoms with van der Waals surface area (Å²) in [6.45, 7) is 4.58. The third-order valence-corrected chi connectivity index (χ3v) is 4.74. The molecule has 1 saturated carbocycles. The molecule has 0 aliphatic heterocycles. The number of carbonyl (C=O) groups is 1. The first-order chi connectivity index (χ1) is 10.1. The summed E-state index contributed by atoms with van der Waals surface area (Å²) in [5.74, 6) is 0.881. The monoisotopic (exact) mass is 288 g/mol. The van der Waals surface area contributed by atoms with Gasteiger partial charge in [-0.1, -0.05) is 44.4 Å². The lowest BCUT2D eigenvalue weighted by Crippen LogP contribution is -2.32. The smallest absolute Gasteiger partial charge is 0.219 e. The number of carbonyl (C=O) groups excluding carboxylic acids is 1. The first kappa shape index (κ1) is 15.9. The molecule has 3 heteroatoms. The van der Waals surface area contributed by atoms with Gasteiger partial charge in [0, 0.05) is 32.2 Å². The lowest BCUT2D eigenvalue weighted by molar-refractivity contribution is -0.128. The van der Waals surface area contributed by atoms with Crippen molar-refractivity contribution in [2.75, 3.05) is 12.4 Å². The lowest BCUT2D eigenvalue weighted by atomic mass is 9.82. The molecule has 0 bridgehead atoms. The van der Waals surface area contributed by atoms with E-state index in [1.165, 1.54) is 43.4 Å². The van der Waals surface area contributed by atoms with Crippen LogP contribution in [0, 0.1) is 5.92 Å². The number of amides is 1. The first-order valence-corrected chi connectivity index (χ1v) is 8.18. The van der Waals surface area contributed by atoms with Gasteiger partial charge in [0.25, 0.3) is 0 Å². The molecule has 0 radical (unpaired) electrons. The van der Waals surface area contributed by atoms with Crippen molar-refractivity contribution in [3.8, 4) is 0 Å². The second kappa shape index (κ2) is 7.48. The molecule has 2 atom stereocenters. The zero-order chi connectivity index (χ0) is 15.2. The zero-order valence-corrected chi connectivity index (χ0v) is 13.6. The predicted molar refractivity (Wildman–Crippen MR) is 88.2 cm³/mol. The Kier molecular flexibility index (Phi) is 5.66. The number of nitrogens with one attached hydrogen (secondary N) is 1. The van der Waals surface area contributed by atoms with Crippen molar-refractivity contribution >= 4 is 11.6 Å². The number of hydrogen-bond acceptors (Lipinski definition) is 2. The van der Waals surface area contributed by atoms with Gasteiger partial charge in [0.1, 0.15) is 0 Å². The fraction of sp³-hybridized carbons (Fsp3) is 0.611. The van der Waals surface area contributed by atoms with E-state index in [0.29, 0.717) is 12.6 Å². The highest BCUT2D eigenvalue weighted by atomic mass is 16.2. The van der Waals surface area contributed by atoms with Crippen LogP contribution in [0.5, 0.6) is 0 Å². The summed E-state index contributed by atoms with van der Waals surface area (Å²) >= 11 is 0. The summed E-state index contributed by atoms with van der Waals surface area (Å²) in [6.07, 6.45) is 6.53. The predicted octanol–water partition coefficient (Wildman–Crippen LogP) is 4.05. The Morgan fingerprint density at radius 3 is 2.71 bits per heavy atom. The Morgan fingerprint density at radius 2 is 2.00 bits per heavy atom. The summed E-state index contributed by atoms with van der Waals surface area (Å²) in [4.78, 5) is 13.2. The van der Waals surface area contributed by atoms with Gasteiger partial charge in [0.05, 0.1) is 0 Å². The van der Waals surface area contributed by atoms with Crippen molar-refractivity contribution < 1.29 is 4.79 Å². The molecule has 0 saturated heterocycles. The number of benzene rings is 1. The molecule has 3 nitrogen and oxygen atoms in total. The number of rotatable bonds is 5. The fourth-order valence-electron chi connectivity index (χ4n) is 3.25. The minimum Gasteiger partial charge on any atom is -0.382 e. The third-order valence-electron chi connectivity index (χ3n) is 4.74. The highest BCUT2D eigenvalue weighted by Gasteiger charge is 2.24. The van der Waals surface area contributed by atoms with Crippen molar-refractivity contribution in [3.63, 3.8) is 0 Å².